The standard InChI is InChI=1S/C17H17N3O5S/c1-10-3-5-13(14(9-10)20(24)25)19-17(23)16(22)18-8-7-12-4-6-15(26-12)11(2)21/h3-6,9H,7-8H2,1-2H3,(H,18,22)(H,19,23). The molecule has 1 heterocycles. The number of nitro benzene ring substituents is 1. The second kappa shape index (κ2) is 8.34. The summed E-state index contributed by atoms with van der Waals surface area (Å²) >= 11 is 1.33. The Kier molecular flexibility index (Phi) is 6.18. The van der Waals surface area contributed by atoms with Crippen LogP contribution in [0.5, 0.6) is 0 Å². The number of ketones is 1. The number of Topliss-reactive ketones (excluding diaryl/α,β-unsaturated/α-hetero) is 1. The Hall–Kier alpha value is -3.07. The van der Waals surface area contributed by atoms with E-state index in [-0.39, 0.29) is 23.7 Å². The quantitative estimate of drug-likeness (QED) is 0.348. The number of thiophene rings is 1. The Morgan fingerprint density at radius 1 is 1.15 bits per heavy atom. The number of benzene rings is 1. The molecule has 1 aromatic heterocycles. The van der Waals surface area contributed by atoms with Gasteiger partial charge in [-0.05, 0) is 44.0 Å². The number of nitro groups is 1. The van der Waals surface area contributed by atoms with Gasteiger partial charge in [-0.3, -0.25) is 24.5 Å². The monoisotopic (exact) mass is 375 g/mol. The number of carbonyl (C=O) groups is 3. The summed E-state index contributed by atoms with van der Waals surface area (Å²) < 4.78 is 0. The Bertz CT molecular complexity index is 875. The Balaban J connectivity index is 1.90. The van der Waals surface area contributed by atoms with Crippen molar-refractivity contribution in [3.05, 3.63) is 55.8 Å². The van der Waals surface area contributed by atoms with Gasteiger partial charge >= 0.3 is 11.8 Å². The normalized spacial score (nSPS) is 10.2. The molecule has 0 unspecified atom stereocenters. The highest BCUT2D eigenvalue weighted by Gasteiger charge is 2.20. The molecule has 1 aromatic carbocycles. The molecule has 9 heteroatoms. The second-order valence-electron chi connectivity index (χ2n) is 5.56. The van der Waals surface area contributed by atoms with Gasteiger partial charge in [-0.15, -0.1) is 11.3 Å². The van der Waals surface area contributed by atoms with Crippen LogP contribution in [0.2, 0.25) is 0 Å². The minimum atomic E-state index is -0.979. The van der Waals surface area contributed by atoms with E-state index in [9.17, 15) is 24.5 Å². The number of hydrogen-bond acceptors (Lipinski definition) is 6. The lowest BCUT2D eigenvalue weighted by Gasteiger charge is -2.07. The molecule has 0 radical (unpaired) electrons. The zero-order valence-electron chi connectivity index (χ0n) is 14.2. The molecule has 0 saturated heterocycles. The largest absolute Gasteiger partial charge is 0.347 e. The molecule has 0 atom stereocenters. The van der Waals surface area contributed by atoms with Crippen molar-refractivity contribution in [2.75, 3.05) is 11.9 Å². The number of aryl methyl sites for hydroxylation is 1. The van der Waals surface area contributed by atoms with Gasteiger partial charge in [-0.2, -0.15) is 0 Å². The van der Waals surface area contributed by atoms with E-state index < -0.39 is 16.7 Å². The molecule has 0 aliphatic carbocycles. The van der Waals surface area contributed by atoms with Crippen molar-refractivity contribution in [2.45, 2.75) is 20.3 Å². The first-order valence-corrected chi connectivity index (χ1v) is 8.53. The van der Waals surface area contributed by atoms with Crippen molar-refractivity contribution < 1.29 is 19.3 Å². The molecule has 0 saturated carbocycles. The summed E-state index contributed by atoms with van der Waals surface area (Å²) in [4.78, 5) is 47.0. The van der Waals surface area contributed by atoms with Crippen molar-refractivity contribution in [1.82, 2.24) is 5.32 Å². The van der Waals surface area contributed by atoms with Gasteiger partial charge in [-0.1, -0.05) is 6.07 Å². The van der Waals surface area contributed by atoms with Crippen LogP contribution >= 0.6 is 11.3 Å². The van der Waals surface area contributed by atoms with Crippen LogP contribution in [0.1, 0.15) is 27.0 Å². The summed E-state index contributed by atoms with van der Waals surface area (Å²) in [5.41, 5.74) is 0.353. The molecule has 0 aliphatic rings. The molecule has 0 fully saturated rings. The number of rotatable bonds is 6. The van der Waals surface area contributed by atoms with E-state index >= 15 is 0 Å². The van der Waals surface area contributed by atoms with E-state index in [0.29, 0.717) is 16.9 Å². The first-order valence-electron chi connectivity index (χ1n) is 7.72. The third-order valence-electron chi connectivity index (χ3n) is 3.47. The highest BCUT2D eigenvalue weighted by Crippen LogP contribution is 2.25. The number of nitrogens with one attached hydrogen (secondary N) is 2. The molecule has 26 heavy (non-hydrogen) atoms. The van der Waals surface area contributed by atoms with Gasteiger partial charge in [0.05, 0.1) is 9.80 Å². The number of anilines is 1. The van der Waals surface area contributed by atoms with Crippen LogP contribution in [0.4, 0.5) is 11.4 Å². The van der Waals surface area contributed by atoms with E-state index in [1.54, 1.807) is 25.1 Å². The highest BCUT2D eigenvalue weighted by atomic mass is 32.1. The van der Waals surface area contributed by atoms with Crippen LogP contribution in [-0.2, 0) is 16.0 Å². The fourth-order valence-corrected chi connectivity index (χ4v) is 3.06. The summed E-state index contributed by atoms with van der Waals surface area (Å²) in [6.45, 7) is 3.37. The Morgan fingerprint density at radius 2 is 1.88 bits per heavy atom. The summed E-state index contributed by atoms with van der Waals surface area (Å²) in [5, 5.41) is 15.7. The van der Waals surface area contributed by atoms with E-state index in [0.717, 1.165) is 4.88 Å². The van der Waals surface area contributed by atoms with Gasteiger partial charge in [0, 0.05) is 17.5 Å². The maximum atomic E-state index is 11.9. The average molecular weight is 375 g/mol. The lowest BCUT2D eigenvalue weighted by molar-refractivity contribution is -0.384. The van der Waals surface area contributed by atoms with Crippen molar-refractivity contribution in [3.8, 4) is 0 Å². The predicted octanol–water partition coefficient (Wildman–Crippen LogP) is 2.46. The predicted molar refractivity (Wildman–Crippen MR) is 97.5 cm³/mol. The van der Waals surface area contributed by atoms with E-state index in [1.165, 1.54) is 30.4 Å². The number of carbonyl (C=O) groups excluding carboxylic acids is 3. The van der Waals surface area contributed by atoms with Crippen LogP contribution in [0.3, 0.4) is 0 Å². The molecule has 0 bridgehead atoms. The minimum absolute atomic E-state index is 0.0237. The fraction of sp³-hybridized carbons (Fsp3) is 0.235. The number of hydrogen-bond donors (Lipinski definition) is 2. The molecule has 136 valence electrons. The minimum Gasteiger partial charge on any atom is -0.347 e. The number of nitrogens with zero attached hydrogens (tertiary/aromatic N) is 1. The van der Waals surface area contributed by atoms with E-state index in [2.05, 4.69) is 10.6 Å². The van der Waals surface area contributed by atoms with Crippen molar-refractivity contribution >= 4 is 40.3 Å². The zero-order valence-corrected chi connectivity index (χ0v) is 15.0. The third-order valence-corrected chi connectivity index (χ3v) is 4.72. The molecular formula is C17H17N3O5S. The molecule has 2 aromatic rings. The van der Waals surface area contributed by atoms with Gasteiger partial charge in [0.2, 0.25) is 0 Å². The first-order chi connectivity index (χ1) is 12.3. The Labute approximate surface area is 153 Å². The van der Waals surface area contributed by atoms with Crippen molar-refractivity contribution in [3.63, 3.8) is 0 Å². The molecule has 2 rings (SSSR count). The van der Waals surface area contributed by atoms with Crippen LogP contribution < -0.4 is 10.6 Å². The van der Waals surface area contributed by atoms with Crippen molar-refractivity contribution in [1.29, 1.82) is 0 Å². The van der Waals surface area contributed by atoms with Crippen LogP contribution in [-0.4, -0.2) is 29.1 Å². The van der Waals surface area contributed by atoms with Gasteiger partial charge in [0.25, 0.3) is 5.69 Å². The maximum absolute atomic E-state index is 11.9. The van der Waals surface area contributed by atoms with Gasteiger partial charge in [0.15, 0.2) is 5.78 Å². The third kappa shape index (κ3) is 4.96. The summed E-state index contributed by atoms with van der Waals surface area (Å²) in [6, 6.07) is 7.81. The van der Waals surface area contributed by atoms with Crippen LogP contribution in [0, 0.1) is 17.0 Å². The Morgan fingerprint density at radius 3 is 2.50 bits per heavy atom. The molecule has 2 amide bonds. The maximum Gasteiger partial charge on any atom is 0.313 e. The lowest BCUT2D eigenvalue weighted by Crippen LogP contribution is -2.36. The summed E-state index contributed by atoms with van der Waals surface area (Å²) in [6.07, 6.45) is 0.474. The molecular weight excluding hydrogens is 358 g/mol. The van der Waals surface area contributed by atoms with Gasteiger partial charge in [0.1, 0.15) is 5.69 Å². The van der Waals surface area contributed by atoms with E-state index in [1.807, 2.05) is 0 Å². The van der Waals surface area contributed by atoms with Crippen LogP contribution in [0.25, 0.3) is 0 Å². The van der Waals surface area contributed by atoms with Crippen molar-refractivity contribution in [2.24, 2.45) is 0 Å². The van der Waals surface area contributed by atoms with Crippen LogP contribution in [0.15, 0.2) is 30.3 Å². The lowest BCUT2D eigenvalue weighted by atomic mass is 10.2. The SMILES string of the molecule is CC(=O)c1ccc(CCNC(=O)C(=O)Nc2ccc(C)cc2[N+](=O)[O-])s1. The van der Waals surface area contributed by atoms with Gasteiger partial charge in [-0.25, -0.2) is 0 Å². The first kappa shape index (κ1) is 19.3. The van der Waals surface area contributed by atoms with Gasteiger partial charge < -0.3 is 10.6 Å². The highest BCUT2D eigenvalue weighted by molar-refractivity contribution is 7.14. The average Bonchev–Trinajstić information content (AvgIpc) is 3.05. The number of amides is 2. The topological polar surface area (TPSA) is 118 Å². The molecule has 2 N–H and O–H groups in total. The molecule has 0 aliphatic heterocycles. The summed E-state index contributed by atoms with van der Waals surface area (Å²) in [5.74, 6) is -1.89. The molecule has 0 spiro atoms. The second-order valence-corrected chi connectivity index (χ2v) is 6.73. The smallest absolute Gasteiger partial charge is 0.313 e. The summed E-state index contributed by atoms with van der Waals surface area (Å²) in [7, 11) is 0. The van der Waals surface area contributed by atoms with E-state index in [4.69, 9.17) is 0 Å². The molecule has 8 nitrogen and oxygen atoms in total. The zero-order chi connectivity index (χ0) is 19.3. The fourth-order valence-electron chi connectivity index (χ4n) is 2.16.